The van der Waals surface area contributed by atoms with Crippen molar-refractivity contribution < 1.29 is 4.79 Å². The van der Waals surface area contributed by atoms with Crippen LogP contribution in [0.4, 0.5) is 0 Å². The molecular formula is C10H17N3O. The summed E-state index contributed by atoms with van der Waals surface area (Å²) in [6, 6.07) is 0. The van der Waals surface area contributed by atoms with Crippen LogP contribution >= 0.6 is 0 Å². The summed E-state index contributed by atoms with van der Waals surface area (Å²) in [6.07, 6.45) is 4.64. The largest absolute Gasteiger partial charge is 0.357 e. The Labute approximate surface area is 84.3 Å². The fourth-order valence-corrected chi connectivity index (χ4v) is 1.26. The number of hydrogen-bond acceptors (Lipinski definition) is 2. The Balaban J connectivity index is 2.97. The third-order valence-electron chi connectivity index (χ3n) is 2.40. The molecule has 1 heterocycles. The summed E-state index contributed by atoms with van der Waals surface area (Å²) in [7, 11) is 1.63. The molecule has 0 saturated carbocycles. The van der Waals surface area contributed by atoms with Crippen molar-refractivity contribution in [1.29, 1.82) is 0 Å². The predicted octanol–water partition coefficient (Wildman–Crippen LogP) is 0.927. The van der Waals surface area contributed by atoms with Crippen molar-refractivity contribution >= 4 is 5.91 Å². The van der Waals surface area contributed by atoms with E-state index in [1.807, 2.05) is 20.0 Å². The predicted molar refractivity (Wildman–Crippen MR) is 55.0 cm³/mol. The summed E-state index contributed by atoms with van der Waals surface area (Å²) in [4.78, 5) is 11.6. The van der Waals surface area contributed by atoms with Crippen molar-refractivity contribution in [1.82, 2.24) is 15.1 Å². The van der Waals surface area contributed by atoms with Crippen LogP contribution in [-0.2, 0) is 16.8 Å². The summed E-state index contributed by atoms with van der Waals surface area (Å²) in [6.45, 7) is 5.75. The number of nitrogens with zero attached hydrogens (tertiary/aromatic N) is 2. The lowest BCUT2D eigenvalue weighted by Crippen LogP contribution is -2.43. The number of aryl methyl sites for hydroxylation is 1. The first-order chi connectivity index (χ1) is 6.52. The van der Waals surface area contributed by atoms with Gasteiger partial charge in [-0.1, -0.05) is 6.92 Å². The molecule has 0 fully saturated rings. The van der Waals surface area contributed by atoms with Crippen molar-refractivity contribution in [2.75, 3.05) is 7.05 Å². The monoisotopic (exact) mass is 195 g/mol. The van der Waals surface area contributed by atoms with Crippen molar-refractivity contribution in [3.63, 3.8) is 0 Å². The minimum Gasteiger partial charge on any atom is -0.357 e. The van der Waals surface area contributed by atoms with E-state index < -0.39 is 5.54 Å². The fourth-order valence-electron chi connectivity index (χ4n) is 1.26. The van der Waals surface area contributed by atoms with Gasteiger partial charge in [-0.15, -0.1) is 0 Å². The molecule has 1 aromatic heterocycles. The summed E-state index contributed by atoms with van der Waals surface area (Å²) in [5.74, 6) is -0.0387. The lowest BCUT2D eigenvalue weighted by atomic mass is 10.1. The first-order valence-corrected chi connectivity index (χ1v) is 4.78. The quantitative estimate of drug-likeness (QED) is 0.779. The average Bonchev–Trinajstić information content (AvgIpc) is 2.65. The Morgan fingerprint density at radius 1 is 1.64 bits per heavy atom. The van der Waals surface area contributed by atoms with Gasteiger partial charge in [-0.05, 0) is 25.8 Å². The first kappa shape index (κ1) is 10.8. The van der Waals surface area contributed by atoms with Gasteiger partial charge in [-0.25, -0.2) is 0 Å². The highest BCUT2D eigenvalue weighted by Crippen LogP contribution is 2.14. The minimum absolute atomic E-state index is 0.0387. The molecule has 0 aliphatic heterocycles. The summed E-state index contributed by atoms with van der Waals surface area (Å²) >= 11 is 0. The first-order valence-electron chi connectivity index (χ1n) is 4.78. The Bertz CT molecular complexity index is 328. The number of nitrogens with one attached hydrogen (secondary N) is 1. The molecule has 1 amide bonds. The van der Waals surface area contributed by atoms with Crippen molar-refractivity contribution in [2.45, 2.75) is 32.7 Å². The number of hydrogen-bond donors (Lipinski definition) is 1. The average molecular weight is 195 g/mol. The number of carbonyl (C=O) groups excluding carboxylic acids is 1. The molecule has 4 heteroatoms. The Morgan fingerprint density at radius 2 is 2.29 bits per heavy atom. The van der Waals surface area contributed by atoms with Gasteiger partial charge in [0.05, 0.1) is 6.20 Å². The van der Waals surface area contributed by atoms with Gasteiger partial charge in [0.1, 0.15) is 5.54 Å². The SMILES string of the molecule is CCc1cnn(C(C)(C)C(=O)NC)c1. The Hall–Kier alpha value is -1.32. The topological polar surface area (TPSA) is 46.9 Å². The number of likely N-dealkylation sites (N-methyl/N-ethyl adjacent to an activating group) is 1. The van der Waals surface area contributed by atoms with Gasteiger partial charge >= 0.3 is 0 Å². The second-order valence-electron chi connectivity index (χ2n) is 3.78. The molecule has 0 bridgehead atoms. The minimum atomic E-state index is -0.623. The van der Waals surface area contributed by atoms with Gasteiger partial charge in [0.2, 0.25) is 5.91 Å². The molecule has 0 aliphatic carbocycles. The zero-order valence-electron chi connectivity index (χ0n) is 9.16. The number of aromatic nitrogens is 2. The third kappa shape index (κ3) is 1.78. The lowest BCUT2D eigenvalue weighted by Gasteiger charge is -2.22. The van der Waals surface area contributed by atoms with Crippen molar-refractivity contribution in [3.8, 4) is 0 Å². The van der Waals surface area contributed by atoms with Crippen LogP contribution in [0.2, 0.25) is 0 Å². The van der Waals surface area contributed by atoms with E-state index in [1.54, 1.807) is 17.9 Å². The van der Waals surface area contributed by atoms with Gasteiger partial charge in [0.15, 0.2) is 0 Å². The molecule has 0 radical (unpaired) electrons. The van der Waals surface area contributed by atoms with E-state index in [1.165, 1.54) is 0 Å². The maximum absolute atomic E-state index is 11.6. The molecule has 1 N–H and O–H groups in total. The van der Waals surface area contributed by atoms with E-state index in [4.69, 9.17) is 0 Å². The smallest absolute Gasteiger partial charge is 0.247 e. The second-order valence-corrected chi connectivity index (χ2v) is 3.78. The van der Waals surface area contributed by atoms with E-state index in [0.717, 1.165) is 12.0 Å². The van der Waals surface area contributed by atoms with Gasteiger partial charge in [-0.2, -0.15) is 5.10 Å². The highest BCUT2D eigenvalue weighted by atomic mass is 16.2. The number of rotatable bonds is 3. The molecule has 4 nitrogen and oxygen atoms in total. The van der Waals surface area contributed by atoms with Gasteiger partial charge in [0.25, 0.3) is 0 Å². The summed E-state index contributed by atoms with van der Waals surface area (Å²) in [5, 5.41) is 6.81. The van der Waals surface area contributed by atoms with Crippen LogP contribution in [0.3, 0.4) is 0 Å². The second kappa shape index (κ2) is 3.82. The Kier molecular flexibility index (Phi) is 2.93. The maximum atomic E-state index is 11.6. The molecule has 0 atom stereocenters. The highest BCUT2D eigenvalue weighted by Gasteiger charge is 2.29. The zero-order chi connectivity index (χ0) is 10.8. The molecule has 0 spiro atoms. The van der Waals surface area contributed by atoms with Crippen LogP contribution in [0.25, 0.3) is 0 Å². The normalized spacial score (nSPS) is 11.4. The van der Waals surface area contributed by atoms with Crippen LogP contribution in [0.5, 0.6) is 0 Å². The van der Waals surface area contributed by atoms with Crippen LogP contribution < -0.4 is 5.32 Å². The number of carbonyl (C=O) groups is 1. The van der Waals surface area contributed by atoms with Crippen molar-refractivity contribution in [3.05, 3.63) is 18.0 Å². The molecule has 14 heavy (non-hydrogen) atoms. The molecule has 0 aliphatic rings. The zero-order valence-corrected chi connectivity index (χ0v) is 9.16. The maximum Gasteiger partial charge on any atom is 0.247 e. The molecule has 0 unspecified atom stereocenters. The van der Waals surface area contributed by atoms with E-state index in [9.17, 15) is 4.79 Å². The van der Waals surface area contributed by atoms with Gasteiger partial charge in [-0.3, -0.25) is 9.48 Å². The highest BCUT2D eigenvalue weighted by molar-refractivity contribution is 5.83. The standard InChI is InChI=1S/C10H17N3O/c1-5-8-6-12-13(7-8)10(2,3)9(14)11-4/h6-7H,5H2,1-4H3,(H,11,14). The molecule has 1 aromatic rings. The molecule has 1 rings (SSSR count). The van der Waals surface area contributed by atoms with Crippen LogP contribution in [0.15, 0.2) is 12.4 Å². The molecular weight excluding hydrogens is 178 g/mol. The van der Waals surface area contributed by atoms with E-state index in [-0.39, 0.29) is 5.91 Å². The van der Waals surface area contributed by atoms with Crippen LogP contribution in [-0.4, -0.2) is 22.7 Å². The van der Waals surface area contributed by atoms with Gasteiger partial charge in [0, 0.05) is 13.2 Å². The third-order valence-corrected chi connectivity index (χ3v) is 2.40. The van der Waals surface area contributed by atoms with E-state index in [2.05, 4.69) is 17.3 Å². The van der Waals surface area contributed by atoms with Gasteiger partial charge < -0.3 is 5.32 Å². The van der Waals surface area contributed by atoms with E-state index in [0.29, 0.717) is 0 Å². The molecule has 0 saturated heterocycles. The van der Waals surface area contributed by atoms with E-state index >= 15 is 0 Å². The molecule has 78 valence electrons. The van der Waals surface area contributed by atoms with Crippen molar-refractivity contribution in [2.24, 2.45) is 0 Å². The summed E-state index contributed by atoms with van der Waals surface area (Å²) in [5.41, 5.74) is 0.518. The van der Waals surface area contributed by atoms with Crippen LogP contribution in [0.1, 0.15) is 26.3 Å². The fraction of sp³-hybridized carbons (Fsp3) is 0.600. The van der Waals surface area contributed by atoms with Crippen LogP contribution in [0, 0.1) is 0 Å². The lowest BCUT2D eigenvalue weighted by molar-refractivity contribution is -0.128. The number of amides is 1. The Morgan fingerprint density at radius 3 is 2.71 bits per heavy atom. The summed E-state index contributed by atoms with van der Waals surface area (Å²) < 4.78 is 1.70. The molecule has 0 aromatic carbocycles.